The molecule has 2 nitrogen and oxygen atoms in total. The van der Waals surface area contributed by atoms with E-state index >= 15 is 0 Å². The van der Waals surface area contributed by atoms with Crippen LogP contribution >= 0.6 is 0 Å². The molecule has 2 heterocycles. The Morgan fingerprint density at radius 2 is 1.87 bits per heavy atom. The predicted octanol–water partition coefficient (Wildman–Crippen LogP) is 4.57. The average molecular weight is 302 g/mol. The van der Waals surface area contributed by atoms with Crippen LogP contribution in [-0.2, 0) is 13.0 Å². The monoisotopic (exact) mass is 302 g/mol. The first kappa shape index (κ1) is 14.3. The van der Waals surface area contributed by atoms with Crippen molar-refractivity contribution in [2.75, 3.05) is 13.6 Å². The molecule has 0 atom stereocenters. The number of hydrogen-bond donors (Lipinski definition) is 0. The van der Waals surface area contributed by atoms with Crippen LogP contribution in [0.5, 0.6) is 0 Å². The van der Waals surface area contributed by atoms with Gasteiger partial charge in [-0.25, -0.2) is 0 Å². The maximum Gasteiger partial charge on any atom is 0.0528 e. The number of rotatable bonds is 2. The first-order valence-corrected chi connectivity index (χ1v) is 8.26. The fraction of sp³-hybridized carbons (Fsp3) is 0.238. The topological polar surface area (TPSA) is 8.17 Å². The van der Waals surface area contributed by atoms with E-state index in [2.05, 4.69) is 84.2 Å². The van der Waals surface area contributed by atoms with Gasteiger partial charge in [0.25, 0.3) is 0 Å². The van der Waals surface area contributed by atoms with Crippen molar-refractivity contribution in [3.05, 3.63) is 70.9 Å². The van der Waals surface area contributed by atoms with Gasteiger partial charge in [-0.15, -0.1) is 0 Å². The lowest BCUT2D eigenvalue weighted by atomic mass is 10.0. The molecular formula is C21H22N2. The van der Waals surface area contributed by atoms with Crippen LogP contribution in [-0.4, -0.2) is 23.1 Å². The normalized spacial score (nSPS) is 15.4. The highest BCUT2D eigenvalue weighted by Gasteiger charge is 2.21. The predicted molar refractivity (Wildman–Crippen MR) is 98.4 cm³/mol. The summed E-state index contributed by atoms with van der Waals surface area (Å²) in [5.74, 6) is 0. The van der Waals surface area contributed by atoms with E-state index in [1.54, 1.807) is 0 Å². The van der Waals surface area contributed by atoms with E-state index in [0.29, 0.717) is 0 Å². The van der Waals surface area contributed by atoms with Crippen LogP contribution in [0.25, 0.3) is 23.2 Å². The molecule has 23 heavy (non-hydrogen) atoms. The van der Waals surface area contributed by atoms with E-state index in [1.165, 1.54) is 33.3 Å². The Hall–Kier alpha value is -2.32. The zero-order valence-electron chi connectivity index (χ0n) is 13.8. The Kier molecular flexibility index (Phi) is 3.55. The molecule has 0 amide bonds. The highest BCUT2D eigenvalue weighted by atomic mass is 15.1. The Labute approximate surface area is 137 Å². The van der Waals surface area contributed by atoms with Crippen molar-refractivity contribution in [1.82, 2.24) is 9.47 Å². The van der Waals surface area contributed by atoms with Crippen molar-refractivity contribution in [3.63, 3.8) is 0 Å². The number of aromatic nitrogens is 1. The second-order valence-electron chi connectivity index (χ2n) is 6.53. The minimum absolute atomic E-state index is 1.02. The van der Waals surface area contributed by atoms with Crippen LogP contribution in [0.1, 0.15) is 22.4 Å². The minimum Gasteiger partial charge on any atom is -0.319 e. The lowest BCUT2D eigenvalue weighted by Gasteiger charge is -2.23. The molecule has 0 bridgehead atoms. The molecule has 2 heteroatoms. The van der Waals surface area contributed by atoms with Gasteiger partial charge in [0, 0.05) is 30.4 Å². The third-order valence-electron chi connectivity index (χ3n) is 4.75. The second-order valence-corrected chi connectivity index (χ2v) is 6.53. The molecule has 2 aromatic carbocycles. The van der Waals surface area contributed by atoms with Gasteiger partial charge in [-0.3, -0.25) is 0 Å². The Balaban J connectivity index is 1.88. The lowest BCUT2D eigenvalue weighted by Crippen LogP contribution is -2.27. The van der Waals surface area contributed by atoms with E-state index in [9.17, 15) is 0 Å². The summed E-state index contributed by atoms with van der Waals surface area (Å²) < 4.78 is 2.38. The van der Waals surface area contributed by atoms with Gasteiger partial charge in [0.1, 0.15) is 0 Å². The molecule has 0 radical (unpaired) electrons. The van der Waals surface area contributed by atoms with E-state index in [1.807, 2.05) is 0 Å². The highest BCUT2D eigenvalue weighted by Crippen LogP contribution is 2.31. The van der Waals surface area contributed by atoms with Crippen molar-refractivity contribution < 1.29 is 0 Å². The molecule has 0 spiro atoms. The van der Waals surface area contributed by atoms with E-state index in [-0.39, 0.29) is 0 Å². The quantitative estimate of drug-likeness (QED) is 0.673. The summed E-state index contributed by atoms with van der Waals surface area (Å²) in [4.78, 5) is 2.40. The third-order valence-corrected chi connectivity index (χ3v) is 4.75. The molecule has 1 aromatic heterocycles. The zero-order chi connectivity index (χ0) is 15.8. The molecule has 0 aliphatic carbocycles. The number of likely N-dealkylation sites (N-methyl/N-ethyl adjacent to an activating group) is 1. The number of hydrogen-bond acceptors (Lipinski definition) is 1. The number of aryl methyl sites for hydroxylation is 1. The summed E-state index contributed by atoms with van der Waals surface area (Å²) in [7, 11) is 2.21. The molecule has 4 rings (SSSR count). The smallest absolute Gasteiger partial charge is 0.0528 e. The van der Waals surface area contributed by atoms with E-state index in [4.69, 9.17) is 0 Å². The summed E-state index contributed by atoms with van der Waals surface area (Å²) in [6, 6.07) is 17.3. The van der Waals surface area contributed by atoms with Crippen molar-refractivity contribution >= 4 is 23.2 Å². The number of fused-ring (bicyclic) bond motifs is 3. The molecule has 0 saturated carbocycles. The van der Waals surface area contributed by atoms with Crippen LogP contribution in [0.15, 0.2) is 48.5 Å². The fourth-order valence-corrected chi connectivity index (χ4v) is 3.53. The summed E-state index contributed by atoms with van der Waals surface area (Å²) >= 11 is 0. The fourth-order valence-electron chi connectivity index (χ4n) is 3.53. The Morgan fingerprint density at radius 3 is 2.70 bits per heavy atom. The minimum atomic E-state index is 1.02. The first-order chi connectivity index (χ1) is 11.2. The maximum absolute atomic E-state index is 2.40. The van der Waals surface area contributed by atoms with Gasteiger partial charge in [-0.2, -0.15) is 0 Å². The average Bonchev–Trinajstić information content (AvgIpc) is 2.86. The van der Waals surface area contributed by atoms with Gasteiger partial charge < -0.3 is 9.47 Å². The van der Waals surface area contributed by atoms with E-state index < -0.39 is 0 Å². The maximum atomic E-state index is 2.40. The first-order valence-electron chi connectivity index (χ1n) is 8.26. The summed E-state index contributed by atoms with van der Waals surface area (Å²) in [5.41, 5.74) is 6.86. The standard InChI is InChI=1S/C21H22N2/c1-16-8-9-20-19(14-16)18-11-12-22(2)15-21(18)23(20)13-10-17-6-4-3-5-7-17/h3-10,13-14H,11-12,15H2,1-2H3/b13-10+. The molecule has 0 N–H and O–H groups in total. The van der Waals surface area contributed by atoms with Gasteiger partial charge in [0.2, 0.25) is 0 Å². The SMILES string of the molecule is Cc1ccc2c(c1)c1c(n2/C=C/c2ccccc2)CN(C)CC1. The van der Waals surface area contributed by atoms with Crippen LogP contribution in [0.2, 0.25) is 0 Å². The van der Waals surface area contributed by atoms with Crippen LogP contribution in [0.3, 0.4) is 0 Å². The molecule has 1 aliphatic rings. The molecule has 1 aliphatic heterocycles. The van der Waals surface area contributed by atoms with Gasteiger partial charge in [-0.1, -0.05) is 42.0 Å². The molecule has 3 aromatic rings. The molecule has 0 saturated heterocycles. The van der Waals surface area contributed by atoms with Gasteiger partial charge in [0.15, 0.2) is 0 Å². The summed E-state index contributed by atoms with van der Waals surface area (Å²) in [5, 5.41) is 1.42. The zero-order valence-corrected chi connectivity index (χ0v) is 13.8. The van der Waals surface area contributed by atoms with Gasteiger partial charge >= 0.3 is 0 Å². The summed E-state index contributed by atoms with van der Waals surface area (Å²) in [6.45, 7) is 4.34. The van der Waals surface area contributed by atoms with Crippen molar-refractivity contribution in [1.29, 1.82) is 0 Å². The van der Waals surface area contributed by atoms with E-state index in [0.717, 1.165) is 19.5 Å². The highest BCUT2D eigenvalue weighted by molar-refractivity contribution is 5.89. The third kappa shape index (κ3) is 2.60. The summed E-state index contributed by atoms with van der Waals surface area (Å²) in [6.07, 6.45) is 5.57. The number of benzene rings is 2. The molecule has 0 fully saturated rings. The Morgan fingerprint density at radius 1 is 1.04 bits per heavy atom. The second kappa shape index (κ2) is 5.71. The van der Waals surface area contributed by atoms with Crippen LogP contribution < -0.4 is 0 Å². The molecule has 116 valence electrons. The molecule has 0 unspecified atom stereocenters. The van der Waals surface area contributed by atoms with Crippen LogP contribution in [0, 0.1) is 6.92 Å². The lowest BCUT2D eigenvalue weighted by molar-refractivity contribution is 0.308. The van der Waals surface area contributed by atoms with Gasteiger partial charge in [-0.05, 0) is 49.7 Å². The molecular weight excluding hydrogens is 280 g/mol. The van der Waals surface area contributed by atoms with Gasteiger partial charge in [0.05, 0.1) is 5.52 Å². The van der Waals surface area contributed by atoms with Crippen LogP contribution in [0.4, 0.5) is 0 Å². The van der Waals surface area contributed by atoms with Crippen molar-refractivity contribution in [2.24, 2.45) is 0 Å². The Bertz CT molecular complexity index is 872. The largest absolute Gasteiger partial charge is 0.319 e. The van der Waals surface area contributed by atoms with Crippen molar-refractivity contribution in [2.45, 2.75) is 19.9 Å². The van der Waals surface area contributed by atoms with Crippen molar-refractivity contribution in [3.8, 4) is 0 Å². The number of nitrogens with zero attached hydrogens (tertiary/aromatic N) is 2.